The average molecular weight is 329 g/mol. The van der Waals surface area contributed by atoms with Crippen LogP contribution in [0.1, 0.15) is 29.0 Å². The number of sulfonamides is 1. The number of hydrogen-bond donors (Lipinski definition) is 1. The third kappa shape index (κ3) is 3.18. The van der Waals surface area contributed by atoms with E-state index in [0.717, 1.165) is 17.1 Å². The van der Waals surface area contributed by atoms with E-state index in [9.17, 15) is 13.2 Å². The van der Waals surface area contributed by atoms with Gasteiger partial charge in [-0.25, -0.2) is 12.7 Å². The number of hydrogen-bond acceptors (Lipinski definition) is 5. The van der Waals surface area contributed by atoms with Crippen molar-refractivity contribution >= 4 is 15.9 Å². The molecular formula is C14H23N3O4S. The number of likely N-dealkylation sites (N-methyl/N-ethyl adjacent to an activating group) is 1. The van der Waals surface area contributed by atoms with Gasteiger partial charge in [-0.05, 0) is 26.8 Å². The molecule has 0 aromatic carbocycles. The molecule has 1 aliphatic rings. The molecule has 1 aromatic rings. The van der Waals surface area contributed by atoms with Gasteiger partial charge in [0.05, 0.1) is 5.56 Å². The smallest absolute Gasteiger partial charge is 0.275 e. The average Bonchev–Trinajstić information content (AvgIpc) is 2.89. The molecule has 0 spiro atoms. The molecule has 1 N–H and O–H groups in total. The molecule has 124 valence electrons. The Labute approximate surface area is 131 Å². The molecule has 1 unspecified atom stereocenters. The van der Waals surface area contributed by atoms with Gasteiger partial charge in [0.25, 0.3) is 15.9 Å². The van der Waals surface area contributed by atoms with Crippen LogP contribution in [0.15, 0.2) is 15.6 Å². The summed E-state index contributed by atoms with van der Waals surface area (Å²) in [4.78, 5) is 14.4. The summed E-state index contributed by atoms with van der Waals surface area (Å²) < 4.78 is 30.6. The molecular weight excluding hydrogens is 306 g/mol. The highest BCUT2D eigenvalue weighted by atomic mass is 32.2. The van der Waals surface area contributed by atoms with E-state index in [1.807, 2.05) is 7.05 Å². The lowest BCUT2D eigenvalue weighted by Crippen LogP contribution is -2.47. The lowest BCUT2D eigenvalue weighted by Gasteiger charge is -2.32. The number of likely N-dealkylation sites (tertiary alicyclic amines) is 1. The first-order valence-electron chi connectivity index (χ1n) is 7.27. The van der Waals surface area contributed by atoms with Crippen LogP contribution < -0.4 is 5.32 Å². The summed E-state index contributed by atoms with van der Waals surface area (Å²) in [6.45, 7) is 2.91. The van der Waals surface area contributed by atoms with E-state index in [1.165, 1.54) is 20.2 Å². The molecule has 1 fully saturated rings. The lowest BCUT2D eigenvalue weighted by molar-refractivity contribution is 0.0696. The van der Waals surface area contributed by atoms with Gasteiger partial charge in [-0.2, -0.15) is 0 Å². The number of aryl methyl sites for hydroxylation is 1. The first kappa shape index (κ1) is 17.0. The largest absolute Gasteiger partial charge is 0.448 e. The van der Waals surface area contributed by atoms with E-state index in [-0.39, 0.29) is 17.0 Å². The topological polar surface area (TPSA) is 82.9 Å². The molecule has 1 atom stereocenters. The second-order valence-corrected chi connectivity index (χ2v) is 7.78. The summed E-state index contributed by atoms with van der Waals surface area (Å²) in [7, 11) is 1.06. The molecule has 1 aliphatic heterocycles. The number of nitrogens with zero attached hydrogens (tertiary/aromatic N) is 2. The first-order valence-corrected chi connectivity index (χ1v) is 8.71. The van der Waals surface area contributed by atoms with Gasteiger partial charge >= 0.3 is 0 Å². The molecule has 0 saturated carbocycles. The normalized spacial score (nSPS) is 19.7. The molecule has 7 nitrogen and oxygen atoms in total. The predicted molar refractivity (Wildman–Crippen MR) is 82.3 cm³/mol. The van der Waals surface area contributed by atoms with E-state index in [0.29, 0.717) is 24.4 Å². The SMILES string of the molecule is CNC1CCCN(C(=O)c2cc(S(=O)(=O)N(C)C)oc2C)C1. The van der Waals surface area contributed by atoms with E-state index in [1.54, 1.807) is 11.8 Å². The Bertz CT molecular complexity index is 651. The van der Waals surface area contributed by atoms with Crippen LogP contribution in [0.4, 0.5) is 0 Å². The monoisotopic (exact) mass is 329 g/mol. The summed E-state index contributed by atoms with van der Waals surface area (Å²) >= 11 is 0. The quantitative estimate of drug-likeness (QED) is 0.877. The number of rotatable bonds is 4. The van der Waals surface area contributed by atoms with E-state index in [4.69, 9.17) is 4.42 Å². The van der Waals surface area contributed by atoms with Crippen LogP contribution in [-0.4, -0.2) is 63.8 Å². The number of amides is 1. The standard InChI is InChI=1S/C14H23N3O4S/c1-10-12(8-13(21-10)22(19,20)16(3)4)14(18)17-7-5-6-11(9-17)15-2/h8,11,15H,5-7,9H2,1-4H3. The molecule has 1 aromatic heterocycles. The van der Waals surface area contributed by atoms with Gasteiger partial charge in [0.15, 0.2) is 0 Å². The van der Waals surface area contributed by atoms with E-state index < -0.39 is 10.0 Å². The van der Waals surface area contributed by atoms with E-state index >= 15 is 0 Å². The van der Waals surface area contributed by atoms with Crippen molar-refractivity contribution in [2.75, 3.05) is 34.2 Å². The van der Waals surface area contributed by atoms with Crippen LogP contribution in [0.3, 0.4) is 0 Å². The fourth-order valence-corrected chi connectivity index (χ4v) is 3.40. The minimum atomic E-state index is -3.67. The molecule has 2 rings (SSSR count). The van der Waals surface area contributed by atoms with Crippen molar-refractivity contribution in [1.82, 2.24) is 14.5 Å². The van der Waals surface area contributed by atoms with Gasteiger partial charge < -0.3 is 14.6 Å². The Balaban J connectivity index is 2.26. The third-order valence-electron chi connectivity index (χ3n) is 3.98. The van der Waals surface area contributed by atoms with Crippen molar-refractivity contribution in [2.24, 2.45) is 0 Å². The summed E-state index contributed by atoms with van der Waals surface area (Å²) in [6.07, 6.45) is 1.96. The third-order valence-corrected chi connectivity index (χ3v) is 5.65. The number of furan rings is 1. The van der Waals surface area contributed by atoms with Crippen LogP contribution in [-0.2, 0) is 10.0 Å². The predicted octanol–water partition coefficient (Wildman–Crippen LogP) is 0.662. The van der Waals surface area contributed by atoms with Crippen molar-refractivity contribution in [3.05, 3.63) is 17.4 Å². The highest BCUT2D eigenvalue weighted by Gasteiger charge is 2.29. The van der Waals surface area contributed by atoms with Crippen molar-refractivity contribution in [2.45, 2.75) is 30.9 Å². The van der Waals surface area contributed by atoms with Crippen molar-refractivity contribution in [1.29, 1.82) is 0 Å². The first-order chi connectivity index (χ1) is 10.3. The highest BCUT2D eigenvalue weighted by Crippen LogP contribution is 2.23. The van der Waals surface area contributed by atoms with Gasteiger partial charge in [-0.1, -0.05) is 0 Å². The van der Waals surface area contributed by atoms with Gasteiger partial charge in [-0.3, -0.25) is 4.79 Å². The van der Waals surface area contributed by atoms with Crippen LogP contribution in [0.2, 0.25) is 0 Å². The Morgan fingerprint density at radius 2 is 2.14 bits per heavy atom. The van der Waals surface area contributed by atoms with Crippen LogP contribution >= 0.6 is 0 Å². The summed E-state index contributed by atoms with van der Waals surface area (Å²) in [5.41, 5.74) is 0.317. The van der Waals surface area contributed by atoms with E-state index in [2.05, 4.69) is 5.32 Å². The molecule has 0 bridgehead atoms. The minimum absolute atomic E-state index is 0.179. The molecule has 0 aliphatic carbocycles. The number of carbonyl (C=O) groups excluding carboxylic acids is 1. The number of nitrogens with one attached hydrogen (secondary N) is 1. The Morgan fingerprint density at radius 3 is 2.73 bits per heavy atom. The zero-order chi connectivity index (χ0) is 16.5. The molecule has 0 radical (unpaired) electrons. The number of carbonyl (C=O) groups is 1. The maximum atomic E-state index is 12.6. The number of piperidine rings is 1. The molecule has 1 saturated heterocycles. The van der Waals surface area contributed by atoms with Crippen LogP contribution in [0.25, 0.3) is 0 Å². The maximum Gasteiger partial charge on any atom is 0.275 e. The summed E-state index contributed by atoms with van der Waals surface area (Å²) in [5, 5.41) is 2.99. The van der Waals surface area contributed by atoms with Gasteiger partial charge in [0.2, 0.25) is 5.09 Å². The maximum absolute atomic E-state index is 12.6. The minimum Gasteiger partial charge on any atom is -0.448 e. The second-order valence-electron chi connectivity index (χ2n) is 5.70. The summed E-state index contributed by atoms with van der Waals surface area (Å²) in [6, 6.07) is 1.60. The van der Waals surface area contributed by atoms with Crippen molar-refractivity contribution < 1.29 is 17.6 Å². The molecule has 22 heavy (non-hydrogen) atoms. The lowest BCUT2D eigenvalue weighted by atomic mass is 10.0. The zero-order valence-corrected chi connectivity index (χ0v) is 14.2. The Morgan fingerprint density at radius 1 is 1.45 bits per heavy atom. The van der Waals surface area contributed by atoms with Gasteiger partial charge in [0.1, 0.15) is 5.76 Å². The van der Waals surface area contributed by atoms with Gasteiger partial charge in [0, 0.05) is 39.3 Å². The summed E-state index contributed by atoms with van der Waals surface area (Å²) in [5.74, 6) is 0.151. The van der Waals surface area contributed by atoms with Crippen LogP contribution in [0.5, 0.6) is 0 Å². The van der Waals surface area contributed by atoms with Gasteiger partial charge in [-0.15, -0.1) is 0 Å². The molecule has 8 heteroatoms. The fraction of sp³-hybridized carbons (Fsp3) is 0.643. The van der Waals surface area contributed by atoms with Crippen molar-refractivity contribution in [3.63, 3.8) is 0 Å². The van der Waals surface area contributed by atoms with Crippen LogP contribution in [0, 0.1) is 6.92 Å². The highest BCUT2D eigenvalue weighted by molar-refractivity contribution is 7.88. The second kappa shape index (κ2) is 6.39. The zero-order valence-electron chi connectivity index (χ0n) is 13.4. The van der Waals surface area contributed by atoms with Crippen molar-refractivity contribution in [3.8, 4) is 0 Å². The Kier molecular flexibility index (Phi) is 4.93. The fourth-order valence-electron chi connectivity index (χ4n) is 2.54. The molecule has 1 amide bonds. The molecule has 2 heterocycles. The Hall–Kier alpha value is -1.38.